The molecule has 1 aromatic heterocycles. The maximum Gasteiger partial charge on any atom is 0.417 e. The summed E-state index contributed by atoms with van der Waals surface area (Å²) < 4.78 is 44.8. The maximum atomic E-state index is 12.9. The second-order valence-electron chi connectivity index (χ2n) is 5.07. The number of alkyl halides is 3. The smallest absolute Gasteiger partial charge is 0.403 e. The van der Waals surface area contributed by atoms with Gasteiger partial charge in [0.25, 0.3) is 5.91 Å². The number of carbonyl (C=O) groups excluding carboxylic acids is 1. The van der Waals surface area contributed by atoms with Crippen LogP contribution in [0, 0.1) is 0 Å². The van der Waals surface area contributed by atoms with Crippen LogP contribution in [0.15, 0.2) is 51.4 Å². The van der Waals surface area contributed by atoms with Gasteiger partial charge in [0.15, 0.2) is 0 Å². The number of amides is 1. The van der Waals surface area contributed by atoms with Crippen molar-refractivity contribution in [1.29, 1.82) is 0 Å². The first-order valence-corrected chi connectivity index (χ1v) is 8.18. The third kappa shape index (κ3) is 4.05. The fourth-order valence-corrected chi connectivity index (χ4v) is 2.69. The number of benzene rings is 2. The van der Waals surface area contributed by atoms with E-state index in [4.69, 9.17) is 16.0 Å². The molecule has 134 valence electrons. The summed E-state index contributed by atoms with van der Waals surface area (Å²) in [5.74, 6) is -0.690. The lowest BCUT2D eigenvalue weighted by Gasteiger charge is -2.10. The third-order valence-corrected chi connectivity index (χ3v) is 4.07. The van der Waals surface area contributed by atoms with Gasteiger partial charge in [0.1, 0.15) is 0 Å². The minimum absolute atomic E-state index is 0.147. The first-order valence-electron chi connectivity index (χ1n) is 7.01. The number of halogens is 5. The standard InChI is InChI=1S/C16H8BrClF3N3O2/c17-10-3-1-2-9(6-10)14-23-24-15(26-14)22-13(25)8-4-5-12(18)11(7-8)16(19,20)21/h1-7H,(H,22,24,25). The Kier molecular flexibility index (Phi) is 5.01. The Bertz CT molecular complexity index is 975. The summed E-state index contributed by atoms with van der Waals surface area (Å²) in [7, 11) is 0. The van der Waals surface area contributed by atoms with Crippen LogP contribution in [0.4, 0.5) is 19.2 Å². The molecule has 1 N–H and O–H groups in total. The van der Waals surface area contributed by atoms with Crippen molar-refractivity contribution in [2.24, 2.45) is 0 Å². The summed E-state index contributed by atoms with van der Waals surface area (Å²) in [6.07, 6.45) is -4.67. The lowest BCUT2D eigenvalue weighted by molar-refractivity contribution is -0.137. The van der Waals surface area contributed by atoms with Gasteiger partial charge in [0.2, 0.25) is 5.89 Å². The Balaban J connectivity index is 1.81. The van der Waals surface area contributed by atoms with Crippen molar-refractivity contribution in [3.8, 4) is 11.5 Å². The van der Waals surface area contributed by atoms with Gasteiger partial charge >= 0.3 is 12.2 Å². The van der Waals surface area contributed by atoms with Crippen molar-refractivity contribution in [1.82, 2.24) is 10.2 Å². The van der Waals surface area contributed by atoms with Crippen LogP contribution in [0.1, 0.15) is 15.9 Å². The zero-order valence-electron chi connectivity index (χ0n) is 12.6. The quantitative estimate of drug-likeness (QED) is 0.583. The van der Waals surface area contributed by atoms with E-state index >= 15 is 0 Å². The summed E-state index contributed by atoms with van der Waals surface area (Å²) in [4.78, 5) is 12.1. The molecule has 0 aliphatic rings. The predicted molar refractivity (Wildman–Crippen MR) is 91.8 cm³/mol. The zero-order valence-corrected chi connectivity index (χ0v) is 15.0. The monoisotopic (exact) mass is 445 g/mol. The molecule has 0 saturated carbocycles. The average Bonchev–Trinajstić information content (AvgIpc) is 3.02. The molecule has 10 heteroatoms. The molecule has 0 spiro atoms. The molecule has 3 rings (SSSR count). The van der Waals surface area contributed by atoms with Crippen LogP contribution in [-0.2, 0) is 6.18 Å². The van der Waals surface area contributed by atoms with E-state index in [0.717, 1.165) is 10.5 Å². The molecule has 0 saturated heterocycles. The van der Waals surface area contributed by atoms with Gasteiger partial charge in [-0.1, -0.05) is 38.7 Å². The molecule has 3 aromatic rings. The molecule has 0 unspecified atom stereocenters. The van der Waals surface area contributed by atoms with E-state index < -0.39 is 22.7 Å². The summed E-state index contributed by atoms with van der Waals surface area (Å²) in [5.41, 5.74) is -0.741. The predicted octanol–water partition coefficient (Wildman–Crippen LogP) is 5.42. The molecule has 26 heavy (non-hydrogen) atoms. The molecule has 1 amide bonds. The number of anilines is 1. The van der Waals surface area contributed by atoms with Crippen LogP contribution in [0.25, 0.3) is 11.5 Å². The number of carbonyl (C=O) groups is 1. The second kappa shape index (κ2) is 7.08. The topological polar surface area (TPSA) is 68.0 Å². The minimum Gasteiger partial charge on any atom is -0.403 e. The number of nitrogens with one attached hydrogen (secondary N) is 1. The molecule has 0 radical (unpaired) electrons. The van der Waals surface area contributed by atoms with Gasteiger partial charge in [-0.05, 0) is 36.4 Å². The van der Waals surface area contributed by atoms with Gasteiger partial charge in [0.05, 0.1) is 10.6 Å². The Hall–Kier alpha value is -2.39. The highest BCUT2D eigenvalue weighted by atomic mass is 79.9. The molecule has 2 aromatic carbocycles. The average molecular weight is 447 g/mol. The molecule has 0 aliphatic carbocycles. The number of hydrogen-bond acceptors (Lipinski definition) is 4. The fraction of sp³-hybridized carbons (Fsp3) is 0.0625. The number of rotatable bonds is 3. The molecule has 5 nitrogen and oxygen atoms in total. The van der Waals surface area contributed by atoms with Gasteiger partial charge in [0, 0.05) is 15.6 Å². The van der Waals surface area contributed by atoms with Crippen molar-refractivity contribution in [3.63, 3.8) is 0 Å². The van der Waals surface area contributed by atoms with E-state index in [-0.39, 0.29) is 17.5 Å². The minimum atomic E-state index is -4.67. The molecular formula is C16H8BrClF3N3O2. The van der Waals surface area contributed by atoms with Gasteiger partial charge in [-0.25, -0.2) is 0 Å². The summed E-state index contributed by atoms with van der Waals surface area (Å²) in [6.45, 7) is 0. The van der Waals surface area contributed by atoms with Crippen LogP contribution in [0.2, 0.25) is 5.02 Å². The number of nitrogens with zero attached hydrogens (tertiary/aromatic N) is 2. The normalized spacial score (nSPS) is 11.4. The van der Waals surface area contributed by atoms with E-state index in [2.05, 4.69) is 31.4 Å². The summed E-state index contributed by atoms with van der Waals surface area (Å²) in [6, 6.07) is 9.60. The van der Waals surface area contributed by atoms with Gasteiger partial charge in [-0.3, -0.25) is 10.1 Å². The molecule has 1 heterocycles. The number of hydrogen-bond donors (Lipinski definition) is 1. The molecule has 0 atom stereocenters. The van der Waals surface area contributed by atoms with Crippen molar-refractivity contribution in [3.05, 3.63) is 63.1 Å². The van der Waals surface area contributed by atoms with E-state index in [1.165, 1.54) is 6.07 Å². The number of aromatic nitrogens is 2. The molecule has 0 aliphatic heterocycles. The molecule has 0 bridgehead atoms. The van der Waals surface area contributed by atoms with Crippen LogP contribution in [0.3, 0.4) is 0 Å². The first kappa shape index (κ1) is 18.4. The third-order valence-electron chi connectivity index (χ3n) is 3.25. The van der Waals surface area contributed by atoms with E-state index in [9.17, 15) is 18.0 Å². The van der Waals surface area contributed by atoms with Crippen molar-refractivity contribution in [2.45, 2.75) is 6.18 Å². The molecular weight excluding hydrogens is 439 g/mol. The fourth-order valence-electron chi connectivity index (χ4n) is 2.06. The highest BCUT2D eigenvalue weighted by molar-refractivity contribution is 9.10. The van der Waals surface area contributed by atoms with Gasteiger partial charge in [-0.15, -0.1) is 5.10 Å². The van der Waals surface area contributed by atoms with E-state index in [1.54, 1.807) is 24.3 Å². The lowest BCUT2D eigenvalue weighted by atomic mass is 10.1. The Morgan fingerprint density at radius 2 is 1.92 bits per heavy atom. The van der Waals surface area contributed by atoms with Gasteiger partial charge in [-0.2, -0.15) is 13.2 Å². The first-order chi connectivity index (χ1) is 12.2. The lowest BCUT2D eigenvalue weighted by Crippen LogP contribution is -2.14. The zero-order chi connectivity index (χ0) is 18.9. The van der Waals surface area contributed by atoms with Crippen LogP contribution < -0.4 is 5.32 Å². The van der Waals surface area contributed by atoms with E-state index in [1.807, 2.05) is 0 Å². The largest absolute Gasteiger partial charge is 0.417 e. The highest BCUT2D eigenvalue weighted by Gasteiger charge is 2.34. The maximum absolute atomic E-state index is 12.9. The van der Waals surface area contributed by atoms with Crippen LogP contribution in [0.5, 0.6) is 0 Å². The van der Waals surface area contributed by atoms with Crippen molar-refractivity contribution >= 4 is 39.5 Å². The second-order valence-corrected chi connectivity index (χ2v) is 6.39. The van der Waals surface area contributed by atoms with E-state index in [0.29, 0.717) is 11.6 Å². The molecule has 0 fully saturated rings. The summed E-state index contributed by atoms with van der Waals surface area (Å²) >= 11 is 8.84. The van der Waals surface area contributed by atoms with Crippen molar-refractivity contribution < 1.29 is 22.4 Å². The van der Waals surface area contributed by atoms with Crippen LogP contribution >= 0.6 is 27.5 Å². The Labute approximate surface area is 158 Å². The van der Waals surface area contributed by atoms with Crippen LogP contribution in [-0.4, -0.2) is 16.1 Å². The summed E-state index contributed by atoms with van der Waals surface area (Å²) in [5, 5.41) is 9.22. The van der Waals surface area contributed by atoms with Gasteiger partial charge < -0.3 is 4.42 Å². The Morgan fingerprint density at radius 3 is 2.62 bits per heavy atom. The van der Waals surface area contributed by atoms with Crippen molar-refractivity contribution in [2.75, 3.05) is 5.32 Å². The Morgan fingerprint density at radius 1 is 1.15 bits per heavy atom. The SMILES string of the molecule is O=C(Nc1nnc(-c2cccc(Br)c2)o1)c1ccc(Cl)c(C(F)(F)F)c1. The highest BCUT2D eigenvalue weighted by Crippen LogP contribution is 2.35.